The van der Waals surface area contributed by atoms with Crippen molar-refractivity contribution < 1.29 is 58.0 Å². The quantitative estimate of drug-likeness (QED) is 0.0294. The number of amides is 5. The van der Waals surface area contributed by atoms with Crippen molar-refractivity contribution in [3.05, 3.63) is 39.8 Å². The first-order valence-electron chi connectivity index (χ1n) is 22.4. The Kier molecular flexibility index (Phi) is 23.9. The molecule has 20 heteroatoms. The number of phenols is 1. The number of hydrogen-bond acceptors (Lipinski definition) is 14. The average molecular weight is 958 g/mol. The second kappa shape index (κ2) is 27.9. The number of rotatable bonds is 29. The fraction of sp³-hybridized carbons (Fsp3) is 0.617. The maximum absolute atomic E-state index is 14.2. The summed E-state index contributed by atoms with van der Waals surface area (Å²) in [5.41, 5.74) is -0.201. The molecule has 67 heavy (non-hydrogen) atoms. The molecule has 0 spiro atoms. The number of benzene rings is 1. The molecule has 6 unspecified atom stereocenters. The predicted octanol–water partition coefficient (Wildman–Crippen LogP) is 3.76. The molecule has 0 aliphatic heterocycles. The van der Waals surface area contributed by atoms with E-state index in [1.165, 1.54) is 31.4 Å². The van der Waals surface area contributed by atoms with E-state index in [9.17, 15) is 43.8 Å². The number of thiazole rings is 1. The molecule has 372 valence electrons. The fourth-order valence-electron chi connectivity index (χ4n) is 6.69. The largest absolute Gasteiger partial charge is 0.506 e. The molecule has 0 saturated heterocycles. The number of aliphatic carboxylic acids is 1. The van der Waals surface area contributed by atoms with Gasteiger partial charge in [0, 0.05) is 44.4 Å². The van der Waals surface area contributed by atoms with E-state index in [0.717, 1.165) is 11.3 Å². The Bertz CT molecular complexity index is 2030. The highest BCUT2D eigenvalue weighted by molar-refractivity contribution is 7.09. The summed E-state index contributed by atoms with van der Waals surface area (Å²) < 4.78 is 16.5. The number of carboxylic acid groups (broad SMARTS) is 1. The van der Waals surface area contributed by atoms with Crippen molar-refractivity contribution in [1.82, 2.24) is 30.7 Å². The van der Waals surface area contributed by atoms with Crippen LogP contribution in [0.3, 0.4) is 0 Å². The molecular weight excluding hydrogens is 887 g/mol. The van der Waals surface area contributed by atoms with Crippen LogP contribution < -0.4 is 21.3 Å². The van der Waals surface area contributed by atoms with Crippen LogP contribution in [0.5, 0.6) is 5.75 Å². The van der Waals surface area contributed by atoms with E-state index in [1.54, 1.807) is 50.9 Å². The minimum Gasteiger partial charge on any atom is -0.506 e. The second-order valence-electron chi connectivity index (χ2n) is 17.6. The number of carbonyl (C=O) groups excluding carboxylic acids is 6. The number of ether oxygens (including phenoxy) is 3. The molecule has 0 bridgehead atoms. The van der Waals surface area contributed by atoms with Gasteiger partial charge in [0.05, 0.1) is 50.0 Å². The highest BCUT2D eigenvalue weighted by Gasteiger charge is 2.39. The number of nitrogens with one attached hydrogen (secondary N) is 4. The smallest absolute Gasteiger partial charge is 0.306 e. The van der Waals surface area contributed by atoms with Gasteiger partial charge in [-0.1, -0.05) is 47.1 Å². The molecule has 6 N–H and O–H groups in total. The van der Waals surface area contributed by atoms with Crippen molar-refractivity contribution in [1.29, 1.82) is 0 Å². The Labute approximate surface area is 398 Å². The molecule has 0 aliphatic carbocycles. The van der Waals surface area contributed by atoms with Gasteiger partial charge in [0.25, 0.3) is 11.8 Å². The summed E-state index contributed by atoms with van der Waals surface area (Å²) in [5.74, 6) is -3.31. The Morgan fingerprint density at radius 2 is 1.61 bits per heavy atom. The first-order valence-corrected chi connectivity index (χ1v) is 23.2. The van der Waals surface area contributed by atoms with Crippen LogP contribution in [0.25, 0.3) is 0 Å². The van der Waals surface area contributed by atoms with Crippen molar-refractivity contribution in [2.75, 3.05) is 59.4 Å². The third-order valence-electron chi connectivity index (χ3n) is 11.6. The minimum atomic E-state index is -1.07. The Hall–Kier alpha value is -5.62. The number of terminal acetylenes is 1. The number of esters is 1. The monoisotopic (exact) mass is 957 g/mol. The second-order valence-corrected chi connectivity index (χ2v) is 18.5. The maximum atomic E-state index is 14.2. The van der Waals surface area contributed by atoms with Crippen LogP contribution in [-0.2, 0) is 49.4 Å². The van der Waals surface area contributed by atoms with Crippen LogP contribution in [0.1, 0.15) is 108 Å². The minimum absolute atomic E-state index is 0.000268. The van der Waals surface area contributed by atoms with Gasteiger partial charge in [-0.15, -0.1) is 17.8 Å². The van der Waals surface area contributed by atoms with Crippen LogP contribution in [0.4, 0.5) is 5.69 Å². The van der Waals surface area contributed by atoms with E-state index < -0.39 is 65.3 Å². The van der Waals surface area contributed by atoms with E-state index in [2.05, 4.69) is 26.3 Å². The van der Waals surface area contributed by atoms with Crippen molar-refractivity contribution in [3.8, 4) is 18.1 Å². The van der Waals surface area contributed by atoms with Crippen molar-refractivity contribution in [2.45, 2.75) is 117 Å². The molecule has 6 atom stereocenters. The van der Waals surface area contributed by atoms with Gasteiger partial charge in [-0.2, -0.15) is 0 Å². The first-order chi connectivity index (χ1) is 31.4. The summed E-state index contributed by atoms with van der Waals surface area (Å²) in [6, 6.07) is 2.46. The number of phenolic OH excluding ortho intramolecular Hbond substituents is 1. The normalized spacial score (nSPS) is 14.1. The van der Waals surface area contributed by atoms with E-state index >= 15 is 0 Å². The van der Waals surface area contributed by atoms with Gasteiger partial charge in [-0.25, -0.2) is 4.98 Å². The van der Waals surface area contributed by atoms with Gasteiger partial charge in [-0.05, 0) is 76.2 Å². The summed E-state index contributed by atoms with van der Waals surface area (Å²) >= 11 is 1.09. The molecular formula is C47H71N7O12S. The highest BCUT2D eigenvalue weighted by Crippen LogP contribution is 2.32. The molecule has 1 aromatic carbocycles. The molecule has 2 rings (SSSR count). The number of hydrogen-bond donors (Lipinski definition) is 6. The lowest BCUT2D eigenvalue weighted by Crippen LogP contribution is -2.60. The predicted molar refractivity (Wildman–Crippen MR) is 253 cm³/mol. The number of nitrogens with zero attached hydrogens (tertiary/aromatic N) is 3. The number of carboxylic acids is 1. The molecule has 0 fully saturated rings. The van der Waals surface area contributed by atoms with Crippen molar-refractivity contribution >= 4 is 58.5 Å². The molecule has 5 amide bonds. The van der Waals surface area contributed by atoms with E-state index in [-0.39, 0.29) is 99.4 Å². The lowest BCUT2D eigenvalue weighted by molar-refractivity contribution is -0.149. The van der Waals surface area contributed by atoms with Crippen LogP contribution in [0, 0.1) is 30.1 Å². The van der Waals surface area contributed by atoms with Gasteiger partial charge in [-0.3, -0.25) is 38.5 Å². The zero-order valence-corrected chi connectivity index (χ0v) is 41.5. The number of aromatic hydroxyl groups is 1. The standard InChI is InChI=1S/C47H71N7O12S/c1-13-29(5)41(52-46(63)47(8,9)53(10)11)44(60)54(12)36(28(3)4)26-38(66-31(7)55)43-51-35(27-67-43)42(59)49-33(23-30(6)45(61)62)24-32-15-16-37(56)34(25-32)50-40(58)17-19-64-21-22-65-20-18-48-39(57)14-2/h2,15-16,25,27-30,33,36,38,41,56H,13,17-24,26H2,1,3-12H3,(H,48,57)(H,49,59)(H,50,58)(H,52,63)(H,61,62). The number of anilines is 1. The molecule has 0 radical (unpaired) electrons. The zero-order valence-electron chi connectivity index (χ0n) is 40.7. The Morgan fingerprint density at radius 1 is 0.955 bits per heavy atom. The van der Waals surface area contributed by atoms with Crippen molar-refractivity contribution in [2.24, 2.45) is 17.8 Å². The molecule has 1 heterocycles. The van der Waals surface area contributed by atoms with Crippen molar-refractivity contribution in [3.63, 3.8) is 0 Å². The topological polar surface area (TPSA) is 255 Å². The molecule has 0 saturated carbocycles. The molecule has 0 aliphatic rings. The van der Waals surface area contributed by atoms with E-state index in [4.69, 9.17) is 20.6 Å². The summed E-state index contributed by atoms with van der Waals surface area (Å²) in [6.07, 6.45) is 4.90. The summed E-state index contributed by atoms with van der Waals surface area (Å²) in [7, 11) is 5.24. The van der Waals surface area contributed by atoms with Crippen LogP contribution in [0.2, 0.25) is 0 Å². The number of carbonyl (C=O) groups is 7. The van der Waals surface area contributed by atoms with Crippen LogP contribution in [0.15, 0.2) is 23.6 Å². The van der Waals surface area contributed by atoms with Gasteiger partial charge in [0.2, 0.25) is 17.7 Å². The Balaban J connectivity index is 2.24. The average Bonchev–Trinajstić information content (AvgIpc) is 3.77. The maximum Gasteiger partial charge on any atom is 0.306 e. The van der Waals surface area contributed by atoms with Crippen LogP contribution in [-0.4, -0.2) is 144 Å². The van der Waals surface area contributed by atoms with Gasteiger partial charge < -0.3 is 50.6 Å². The number of aromatic nitrogens is 1. The summed E-state index contributed by atoms with van der Waals surface area (Å²) in [6.45, 7) is 15.0. The first kappa shape index (κ1) is 57.5. The van der Waals surface area contributed by atoms with Gasteiger partial charge in [0.1, 0.15) is 22.5 Å². The lowest BCUT2D eigenvalue weighted by Gasteiger charge is -2.38. The van der Waals surface area contributed by atoms with Crippen LogP contribution >= 0.6 is 11.3 Å². The SMILES string of the molecule is C#CC(=O)NCCOCCOCCC(=O)Nc1cc(CC(CC(C)C(=O)O)NC(=O)c2csc(C(CC(C(C)C)N(C)C(=O)C(NC(=O)C(C)(C)N(C)C)C(C)CC)OC(C)=O)n2)ccc1O. The van der Waals surface area contributed by atoms with E-state index in [1.807, 2.05) is 33.6 Å². The van der Waals surface area contributed by atoms with E-state index in [0.29, 0.717) is 17.0 Å². The molecule has 19 nitrogen and oxygen atoms in total. The third-order valence-corrected chi connectivity index (χ3v) is 12.5. The molecule has 2 aromatic rings. The lowest BCUT2D eigenvalue weighted by atomic mass is 9.92. The summed E-state index contributed by atoms with van der Waals surface area (Å²) in [5, 5.41) is 33.1. The Morgan fingerprint density at radius 3 is 2.19 bits per heavy atom. The third kappa shape index (κ3) is 18.9. The fourth-order valence-corrected chi connectivity index (χ4v) is 7.52. The van der Waals surface area contributed by atoms with Gasteiger partial charge >= 0.3 is 11.9 Å². The summed E-state index contributed by atoms with van der Waals surface area (Å²) in [4.78, 5) is 97.6. The highest BCUT2D eigenvalue weighted by atomic mass is 32.1. The number of likely N-dealkylation sites (N-methyl/N-ethyl adjacent to an activating group) is 2. The zero-order chi connectivity index (χ0) is 50.6. The van der Waals surface area contributed by atoms with Gasteiger partial charge in [0.15, 0.2) is 6.10 Å². The molecule has 1 aromatic heterocycles.